The van der Waals surface area contributed by atoms with Crippen molar-refractivity contribution in [2.75, 3.05) is 7.11 Å². The highest BCUT2D eigenvalue weighted by Gasteiger charge is 2.27. The summed E-state index contributed by atoms with van der Waals surface area (Å²) in [6, 6.07) is 6.15. The molecule has 0 spiro atoms. The van der Waals surface area contributed by atoms with E-state index in [0.717, 1.165) is 0 Å². The van der Waals surface area contributed by atoms with Gasteiger partial charge >= 0.3 is 5.97 Å². The minimum atomic E-state index is -3.61. The Morgan fingerprint density at radius 1 is 1.41 bits per heavy atom. The first-order valence-electron chi connectivity index (χ1n) is 4.95. The molecule has 94 valence electrons. The first kappa shape index (κ1) is 14.0. The SMILES string of the molecule is COC(=O)CC(C)S(=O)(=O)c1ccccc1Cl. The average Bonchev–Trinajstić information content (AvgIpc) is 2.29. The number of halogens is 1. The first-order valence-corrected chi connectivity index (χ1v) is 6.87. The number of esters is 1. The predicted octanol–water partition coefficient (Wildman–Crippen LogP) is 2.07. The molecule has 1 aromatic carbocycles. The number of benzene rings is 1. The number of hydrogen-bond donors (Lipinski definition) is 0. The maximum Gasteiger partial charge on any atom is 0.306 e. The maximum atomic E-state index is 12.1. The molecule has 0 aliphatic carbocycles. The van der Waals surface area contributed by atoms with E-state index in [1.807, 2.05) is 0 Å². The molecule has 1 rings (SSSR count). The summed E-state index contributed by atoms with van der Waals surface area (Å²) < 4.78 is 28.7. The summed E-state index contributed by atoms with van der Waals surface area (Å²) in [6.45, 7) is 1.45. The van der Waals surface area contributed by atoms with Crippen molar-refractivity contribution in [2.45, 2.75) is 23.5 Å². The quantitative estimate of drug-likeness (QED) is 0.790. The summed E-state index contributed by atoms with van der Waals surface area (Å²) in [5.41, 5.74) is 0. The van der Waals surface area contributed by atoms with E-state index < -0.39 is 21.1 Å². The standard InChI is InChI=1S/C11H13ClO4S/c1-8(7-11(13)16-2)17(14,15)10-6-4-3-5-9(10)12/h3-6,8H,7H2,1-2H3. The highest BCUT2D eigenvalue weighted by molar-refractivity contribution is 7.92. The Balaban J connectivity index is 3.04. The van der Waals surface area contributed by atoms with Crippen LogP contribution in [0, 0.1) is 0 Å². The van der Waals surface area contributed by atoms with Crippen LogP contribution in [0.15, 0.2) is 29.2 Å². The van der Waals surface area contributed by atoms with Crippen LogP contribution in [-0.4, -0.2) is 26.7 Å². The van der Waals surface area contributed by atoms with E-state index in [1.165, 1.54) is 26.2 Å². The molecular formula is C11H13ClO4S. The van der Waals surface area contributed by atoms with Crippen LogP contribution in [0.2, 0.25) is 5.02 Å². The van der Waals surface area contributed by atoms with Gasteiger partial charge in [0.1, 0.15) is 0 Å². The average molecular weight is 277 g/mol. The monoisotopic (exact) mass is 276 g/mol. The number of carbonyl (C=O) groups is 1. The van der Waals surface area contributed by atoms with E-state index in [4.69, 9.17) is 11.6 Å². The van der Waals surface area contributed by atoms with Crippen LogP contribution in [0.25, 0.3) is 0 Å². The molecule has 17 heavy (non-hydrogen) atoms. The van der Waals surface area contributed by atoms with Crippen LogP contribution in [0.4, 0.5) is 0 Å². The van der Waals surface area contributed by atoms with Crippen molar-refractivity contribution in [1.29, 1.82) is 0 Å². The van der Waals surface area contributed by atoms with Crippen LogP contribution in [0.3, 0.4) is 0 Å². The second-order valence-corrected chi connectivity index (χ2v) is 6.31. The Morgan fingerprint density at radius 3 is 2.53 bits per heavy atom. The number of hydrogen-bond acceptors (Lipinski definition) is 4. The lowest BCUT2D eigenvalue weighted by Crippen LogP contribution is -2.22. The van der Waals surface area contributed by atoms with E-state index in [1.54, 1.807) is 12.1 Å². The van der Waals surface area contributed by atoms with Gasteiger partial charge in [0.15, 0.2) is 9.84 Å². The maximum absolute atomic E-state index is 12.1. The van der Waals surface area contributed by atoms with Gasteiger partial charge in [-0.1, -0.05) is 23.7 Å². The fourth-order valence-electron chi connectivity index (χ4n) is 1.32. The van der Waals surface area contributed by atoms with E-state index in [2.05, 4.69) is 4.74 Å². The molecule has 0 aliphatic heterocycles. The second kappa shape index (κ2) is 5.51. The lowest BCUT2D eigenvalue weighted by Gasteiger charge is -2.12. The normalized spacial score (nSPS) is 13.1. The van der Waals surface area contributed by atoms with Gasteiger partial charge in [-0.2, -0.15) is 0 Å². The first-order chi connectivity index (χ1) is 7.89. The lowest BCUT2D eigenvalue weighted by molar-refractivity contribution is -0.140. The summed E-state index contributed by atoms with van der Waals surface area (Å²) in [5.74, 6) is -0.562. The van der Waals surface area contributed by atoms with Gasteiger partial charge < -0.3 is 4.74 Å². The molecule has 0 heterocycles. The molecular weight excluding hydrogens is 264 g/mol. The molecule has 1 atom stereocenters. The highest BCUT2D eigenvalue weighted by atomic mass is 35.5. The molecule has 0 bridgehead atoms. The van der Waals surface area contributed by atoms with E-state index >= 15 is 0 Å². The molecule has 1 aromatic rings. The Kier molecular flexibility index (Phi) is 4.54. The van der Waals surface area contributed by atoms with Crippen molar-refractivity contribution < 1.29 is 17.9 Å². The summed E-state index contributed by atoms with van der Waals surface area (Å²) >= 11 is 5.83. The zero-order chi connectivity index (χ0) is 13.1. The van der Waals surface area contributed by atoms with Gasteiger partial charge in [-0.25, -0.2) is 8.42 Å². The minimum Gasteiger partial charge on any atom is -0.469 e. The van der Waals surface area contributed by atoms with Crippen LogP contribution in [0.5, 0.6) is 0 Å². The summed E-state index contributed by atoms with van der Waals surface area (Å²) in [6.07, 6.45) is -0.190. The highest BCUT2D eigenvalue weighted by Crippen LogP contribution is 2.25. The predicted molar refractivity (Wildman–Crippen MR) is 64.7 cm³/mol. The largest absolute Gasteiger partial charge is 0.469 e. The fraction of sp³-hybridized carbons (Fsp3) is 0.364. The molecule has 0 amide bonds. The van der Waals surface area contributed by atoms with Gasteiger partial charge in [-0.05, 0) is 19.1 Å². The molecule has 0 aromatic heterocycles. The third-order valence-corrected chi connectivity index (χ3v) is 4.99. The molecule has 6 heteroatoms. The molecule has 0 N–H and O–H groups in total. The van der Waals surface area contributed by atoms with Crippen molar-refractivity contribution in [3.63, 3.8) is 0 Å². The van der Waals surface area contributed by atoms with Crippen molar-refractivity contribution in [3.8, 4) is 0 Å². The molecule has 0 radical (unpaired) electrons. The second-order valence-electron chi connectivity index (χ2n) is 3.57. The zero-order valence-electron chi connectivity index (χ0n) is 9.51. The van der Waals surface area contributed by atoms with Crippen LogP contribution in [0.1, 0.15) is 13.3 Å². The van der Waals surface area contributed by atoms with E-state index in [-0.39, 0.29) is 16.3 Å². The van der Waals surface area contributed by atoms with Gasteiger partial charge in [0.25, 0.3) is 0 Å². The summed E-state index contributed by atoms with van der Waals surface area (Å²) in [5, 5.41) is -0.709. The zero-order valence-corrected chi connectivity index (χ0v) is 11.1. The molecule has 4 nitrogen and oxygen atoms in total. The van der Waals surface area contributed by atoms with Crippen molar-refractivity contribution in [2.24, 2.45) is 0 Å². The Hall–Kier alpha value is -1.07. The fourth-order valence-corrected chi connectivity index (χ4v) is 3.18. The molecule has 0 fully saturated rings. The Labute approximate surface area is 105 Å². The third kappa shape index (κ3) is 3.20. The van der Waals surface area contributed by atoms with Crippen molar-refractivity contribution in [1.82, 2.24) is 0 Å². The van der Waals surface area contributed by atoms with Crippen LogP contribution in [-0.2, 0) is 19.4 Å². The number of carbonyl (C=O) groups excluding carboxylic acids is 1. The van der Waals surface area contributed by atoms with Crippen molar-refractivity contribution >= 4 is 27.4 Å². The molecule has 0 saturated heterocycles. The van der Waals surface area contributed by atoms with Crippen LogP contribution < -0.4 is 0 Å². The van der Waals surface area contributed by atoms with Gasteiger partial charge in [-0.15, -0.1) is 0 Å². The molecule has 0 aliphatic rings. The smallest absolute Gasteiger partial charge is 0.306 e. The van der Waals surface area contributed by atoms with Gasteiger partial charge in [0.05, 0.1) is 28.7 Å². The number of sulfone groups is 1. The Morgan fingerprint density at radius 2 is 2.00 bits per heavy atom. The van der Waals surface area contributed by atoms with E-state index in [9.17, 15) is 13.2 Å². The number of methoxy groups -OCH3 is 1. The Bertz CT molecular complexity index is 510. The topological polar surface area (TPSA) is 60.4 Å². The minimum absolute atomic E-state index is 0.0399. The summed E-state index contributed by atoms with van der Waals surface area (Å²) in [4.78, 5) is 11.1. The van der Waals surface area contributed by atoms with E-state index in [0.29, 0.717) is 0 Å². The van der Waals surface area contributed by atoms with Gasteiger partial charge in [0, 0.05) is 0 Å². The molecule has 0 saturated carbocycles. The summed E-state index contributed by atoms with van der Waals surface area (Å²) in [7, 11) is -2.39. The number of ether oxygens (including phenoxy) is 1. The third-order valence-electron chi connectivity index (χ3n) is 2.35. The van der Waals surface area contributed by atoms with Crippen LogP contribution >= 0.6 is 11.6 Å². The van der Waals surface area contributed by atoms with Crippen molar-refractivity contribution in [3.05, 3.63) is 29.3 Å². The lowest BCUT2D eigenvalue weighted by atomic mass is 10.3. The molecule has 1 unspecified atom stereocenters. The number of rotatable bonds is 4. The van der Waals surface area contributed by atoms with Gasteiger partial charge in [-0.3, -0.25) is 4.79 Å². The van der Waals surface area contributed by atoms with Gasteiger partial charge in [0.2, 0.25) is 0 Å².